The van der Waals surface area contributed by atoms with Gasteiger partial charge in [0, 0.05) is 16.6 Å². The summed E-state index contributed by atoms with van der Waals surface area (Å²) < 4.78 is 0. The monoisotopic (exact) mass is 199 g/mol. The minimum Gasteiger partial charge on any atom is -0.507 e. The molecule has 0 fully saturated rings. The third-order valence-corrected chi connectivity index (χ3v) is 2.58. The molecule has 0 aromatic heterocycles. The first-order chi connectivity index (χ1) is 5.95. The van der Waals surface area contributed by atoms with Crippen molar-refractivity contribution in [3.8, 4) is 5.75 Å². The van der Waals surface area contributed by atoms with E-state index >= 15 is 0 Å². The summed E-state index contributed by atoms with van der Waals surface area (Å²) in [5.41, 5.74) is 8.10. The summed E-state index contributed by atoms with van der Waals surface area (Å²) >= 11 is 5.97. The Labute approximate surface area is 83.3 Å². The molecule has 0 saturated carbocycles. The van der Waals surface area contributed by atoms with Crippen LogP contribution in [0.4, 0.5) is 0 Å². The van der Waals surface area contributed by atoms with E-state index in [9.17, 15) is 5.11 Å². The van der Waals surface area contributed by atoms with E-state index in [4.69, 9.17) is 17.3 Å². The van der Waals surface area contributed by atoms with Crippen molar-refractivity contribution < 1.29 is 5.11 Å². The summed E-state index contributed by atoms with van der Waals surface area (Å²) in [6.45, 7) is 5.50. The zero-order valence-electron chi connectivity index (χ0n) is 8.06. The number of hydrogen-bond donors (Lipinski definition) is 2. The van der Waals surface area contributed by atoms with Crippen molar-refractivity contribution in [3.05, 3.63) is 27.8 Å². The molecule has 3 heteroatoms. The summed E-state index contributed by atoms with van der Waals surface area (Å²) in [7, 11) is 0. The van der Waals surface area contributed by atoms with E-state index < -0.39 is 0 Å². The quantitative estimate of drug-likeness (QED) is 0.731. The summed E-state index contributed by atoms with van der Waals surface area (Å²) in [4.78, 5) is 0. The van der Waals surface area contributed by atoms with Gasteiger partial charge in [-0.05, 0) is 38.0 Å². The van der Waals surface area contributed by atoms with Crippen LogP contribution < -0.4 is 5.73 Å². The second-order valence-corrected chi connectivity index (χ2v) is 3.76. The highest BCUT2D eigenvalue weighted by atomic mass is 35.5. The first-order valence-corrected chi connectivity index (χ1v) is 4.57. The predicted molar refractivity (Wildman–Crippen MR) is 55.2 cm³/mol. The van der Waals surface area contributed by atoms with Gasteiger partial charge in [0.15, 0.2) is 0 Å². The molecule has 0 aliphatic carbocycles. The van der Waals surface area contributed by atoms with Gasteiger partial charge in [-0.3, -0.25) is 0 Å². The second-order valence-electron chi connectivity index (χ2n) is 3.35. The second kappa shape index (κ2) is 3.56. The average Bonchev–Trinajstić information content (AvgIpc) is 2.01. The maximum Gasteiger partial charge on any atom is 0.123 e. The van der Waals surface area contributed by atoms with E-state index in [-0.39, 0.29) is 11.8 Å². The number of halogens is 1. The summed E-state index contributed by atoms with van der Waals surface area (Å²) in [6.07, 6.45) is 0. The van der Waals surface area contributed by atoms with E-state index in [0.717, 1.165) is 16.7 Å². The Balaban J connectivity index is 3.46. The Bertz CT molecular complexity index is 308. The molecule has 0 bridgehead atoms. The number of phenols is 1. The summed E-state index contributed by atoms with van der Waals surface area (Å²) in [6, 6.07) is 1.55. The van der Waals surface area contributed by atoms with Gasteiger partial charge in [-0.15, -0.1) is 0 Å². The molecule has 1 aromatic carbocycles. The van der Waals surface area contributed by atoms with Crippen LogP contribution in [0.1, 0.15) is 29.7 Å². The van der Waals surface area contributed by atoms with Crippen molar-refractivity contribution in [1.29, 1.82) is 0 Å². The van der Waals surface area contributed by atoms with Gasteiger partial charge < -0.3 is 10.8 Å². The zero-order chi connectivity index (χ0) is 10.2. The first kappa shape index (κ1) is 10.4. The van der Waals surface area contributed by atoms with Crippen LogP contribution >= 0.6 is 11.6 Å². The molecule has 0 unspecified atom stereocenters. The number of rotatable bonds is 1. The van der Waals surface area contributed by atoms with Crippen LogP contribution in [0.2, 0.25) is 5.02 Å². The Morgan fingerprint density at radius 3 is 2.46 bits per heavy atom. The average molecular weight is 200 g/mol. The molecular formula is C10H14ClNO. The third kappa shape index (κ3) is 1.79. The van der Waals surface area contributed by atoms with Gasteiger partial charge in [-0.1, -0.05) is 11.6 Å². The molecule has 0 heterocycles. The lowest BCUT2D eigenvalue weighted by Crippen LogP contribution is -2.08. The van der Waals surface area contributed by atoms with E-state index in [1.165, 1.54) is 0 Å². The van der Waals surface area contributed by atoms with Crippen molar-refractivity contribution in [3.63, 3.8) is 0 Å². The van der Waals surface area contributed by atoms with Crippen molar-refractivity contribution in [1.82, 2.24) is 0 Å². The van der Waals surface area contributed by atoms with Crippen LogP contribution in [0.3, 0.4) is 0 Å². The highest BCUT2D eigenvalue weighted by Crippen LogP contribution is 2.34. The summed E-state index contributed by atoms with van der Waals surface area (Å²) in [5, 5.41) is 10.4. The van der Waals surface area contributed by atoms with Gasteiger partial charge in [0.2, 0.25) is 0 Å². The van der Waals surface area contributed by atoms with E-state index in [2.05, 4.69) is 0 Å². The number of phenolic OH excluding ortho intramolecular Hbond substituents is 1. The number of nitrogens with two attached hydrogens (primary N) is 1. The molecule has 13 heavy (non-hydrogen) atoms. The van der Waals surface area contributed by atoms with Crippen molar-refractivity contribution >= 4 is 11.6 Å². The lowest BCUT2D eigenvalue weighted by Gasteiger charge is -2.15. The lowest BCUT2D eigenvalue weighted by atomic mass is 9.99. The van der Waals surface area contributed by atoms with Crippen LogP contribution in [0, 0.1) is 13.8 Å². The fraction of sp³-hybridized carbons (Fsp3) is 0.400. The standard InChI is InChI=1S/C10H14ClNO/c1-5-4-8(11)6(2)9(7(3)12)10(5)13/h4,7,13H,12H2,1-3H3/t7-/m1/s1. The molecule has 0 spiro atoms. The summed E-state index contributed by atoms with van der Waals surface area (Å²) in [5.74, 6) is 0.261. The normalized spacial score (nSPS) is 13.0. The van der Waals surface area contributed by atoms with Gasteiger partial charge in [-0.2, -0.15) is 0 Å². The van der Waals surface area contributed by atoms with Crippen molar-refractivity contribution in [2.75, 3.05) is 0 Å². The van der Waals surface area contributed by atoms with Crippen LogP contribution in [0.5, 0.6) is 5.75 Å². The number of benzene rings is 1. The smallest absolute Gasteiger partial charge is 0.123 e. The molecular weight excluding hydrogens is 186 g/mol. The van der Waals surface area contributed by atoms with Gasteiger partial charge in [0.05, 0.1) is 0 Å². The van der Waals surface area contributed by atoms with Crippen LogP contribution in [0.25, 0.3) is 0 Å². The molecule has 0 radical (unpaired) electrons. The molecule has 0 aliphatic rings. The van der Waals surface area contributed by atoms with Crippen molar-refractivity contribution in [2.45, 2.75) is 26.8 Å². The zero-order valence-corrected chi connectivity index (χ0v) is 8.81. The maximum absolute atomic E-state index is 9.73. The van der Waals surface area contributed by atoms with Gasteiger partial charge in [0.25, 0.3) is 0 Å². The largest absolute Gasteiger partial charge is 0.507 e. The van der Waals surface area contributed by atoms with Crippen LogP contribution in [-0.4, -0.2) is 5.11 Å². The molecule has 1 atom stereocenters. The topological polar surface area (TPSA) is 46.2 Å². The Morgan fingerprint density at radius 2 is 2.00 bits per heavy atom. The number of aromatic hydroxyl groups is 1. The minimum absolute atomic E-state index is 0.197. The number of aryl methyl sites for hydroxylation is 1. The SMILES string of the molecule is Cc1cc(Cl)c(C)c([C@@H](C)N)c1O. The van der Waals surface area contributed by atoms with Gasteiger partial charge in [0.1, 0.15) is 5.75 Å². The van der Waals surface area contributed by atoms with Crippen molar-refractivity contribution in [2.24, 2.45) is 5.73 Å². The minimum atomic E-state index is -0.197. The molecule has 2 nitrogen and oxygen atoms in total. The van der Waals surface area contributed by atoms with Gasteiger partial charge in [-0.25, -0.2) is 0 Å². The highest BCUT2D eigenvalue weighted by molar-refractivity contribution is 6.31. The first-order valence-electron chi connectivity index (χ1n) is 4.19. The molecule has 0 aliphatic heterocycles. The Morgan fingerprint density at radius 1 is 1.46 bits per heavy atom. The maximum atomic E-state index is 9.73. The Hall–Kier alpha value is -0.730. The molecule has 0 amide bonds. The Kier molecular flexibility index (Phi) is 2.84. The molecule has 3 N–H and O–H groups in total. The fourth-order valence-corrected chi connectivity index (χ4v) is 1.71. The molecule has 0 saturated heterocycles. The van der Waals surface area contributed by atoms with Gasteiger partial charge >= 0.3 is 0 Å². The number of hydrogen-bond acceptors (Lipinski definition) is 2. The van der Waals surface area contributed by atoms with E-state index in [1.807, 2.05) is 20.8 Å². The highest BCUT2D eigenvalue weighted by Gasteiger charge is 2.14. The third-order valence-electron chi connectivity index (χ3n) is 2.19. The fourth-order valence-electron chi connectivity index (χ4n) is 1.44. The van der Waals surface area contributed by atoms with Crippen LogP contribution in [0.15, 0.2) is 6.07 Å². The van der Waals surface area contributed by atoms with Crippen LogP contribution in [-0.2, 0) is 0 Å². The molecule has 1 aromatic rings. The van der Waals surface area contributed by atoms with E-state index in [0.29, 0.717) is 5.02 Å². The predicted octanol–water partition coefficient (Wildman–Crippen LogP) is 2.68. The van der Waals surface area contributed by atoms with E-state index in [1.54, 1.807) is 6.07 Å². The molecule has 72 valence electrons. The lowest BCUT2D eigenvalue weighted by molar-refractivity contribution is 0.458. The molecule has 1 rings (SSSR count).